The summed E-state index contributed by atoms with van der Waals surface area (Å²) in [5.74, 6) is -0.311. The highest BCUT2D eigenvalue weighted by Crippen LogP contribution is 2.49. The topological polar surface area (TPSA) is 388 Å². The van der Waals surface area contributed by atoms with Gasteiger partial charge in [0.05, 0.1) is 48.1 Å². The van der Waals surface area contributed by atoms with E-state index in [4.69, 9.17) is 45.9 Å². The number of ether oxygens (including phenoxy) is 6. The molecular formula is C56H74ClN9O19. The van der Waals surface area contributed by atoms with E-state index in [0.717, 1.165) is 16.7 Å². The average Bonchev–Trinajstić information content (AvgIpc) is 1.69. The van der Waals surface area contributed by atoms with Crippen molar-refractivity contribution in [3.05, 3.63) is 93.3 Å². The zero-order chi connectivity index (χ0) is 62.2. The number of carboxylic acids is 1. The van der Waals surface area contributed by atoms with Crippen molar-refractivity contribution in [1.82, 2.24) is 35.8 Å². The Morgan fingerprint density at radius 2 is 1.80 bits per heavy atom. The molecule has 3 aromatic rings. The first-order chi connectivity index (χ1) is 40.1. The van der Waals surface area contributed by atoms with Gasteiger partial charge in [-0.3, -0.25) is 24.4 Å². The number of nitrogens with zero attached hydrogens (tertiary/aromatic N) is 5. The molecule has 3 fully saturated rings. The maximum absolute atomic E-state index is 14.3. The number of esters is 1. The standard InChI is InChI=1S/C56H74ClN9O19/c1-28-11-9-12-30(3)56(78)24-39(82-54(77)61-56)31(4)48-55(6,85-48)40(23-42(68)65(8)37-22-34(19-28)20-29(2)43(37)57)83-51(75)32(5)64(7)41(67)13-10-17-66-26-35(62-63-66)25-60-53(76)79-27-33-14-15-38(36(21-33)49(72)59-16-18-80-58)81-52-46(71)44(69)45(70)47(84-52)50(73)74/h9,11-12,14-15,20-22,26,30-32,39-40,44-48,52,69-71,78H,10,13,16-19,23-25,27,58H2,1-8H3,(H,59,72)(H,60,76)(H,61,77)(H,73,74)/b12-9+,28-11+/t30-,31-,32?,39+,40+,44+,45+,46-,47+,48+,52-,55+,56+/m1/s1. The summed E-state index contributed by atoms with van der Waals surface area (Å²) in [5, 5.41) is 68.2. The third kappa shape index (κ3) is 15.8. The molecule has 4 bridgehead atoms. The zero-order valence-electron chi connectivity index (χ0n) is 48.3. The molecule has 2 aromatic carbocycles. The first-order valence-corrected chi connectivity index (χ1v) is 27.9. The Morgan fingerprint density at radius 3 is 2.52 bits per heavy atom. The van der Waals surface area contributed by atoms with Crippen molar-refractivity contribution in [3.8, 4) is 5.75 Å². The number of allylic oxidation sites excluding steroid dienone is 3. The van der Waals surface area contributed by atoms with Gasteiger partial charge in [0.2, 0.25) is 18.1 Å². The lowest BCUT2D eigenvalue weighted by atomic mass is 9.82. The quantitative estimate of drug-likeness (QED) is 0.0288. The summed E-state index contributed by atoms with van der Waals surface area (Å²) < 4.78 is 35.8. The number of carbonyl (C=O) groups is 7. The molecule has 464 valence electrons. The average molecular weight is 1210 g/mol. The van der Waals surface area contributed by atoms with Crippen LogP contribution < -0.4 is 31.5 Å². The molecule has 4 aliphatic heterocycles. The minimum atomic E-state index is -1.98. The fourth-order valence-electron chi connectivity index (χ4n) is 10.2. The number of aliphatic hydroxyl groups excluding tert-OH is 3. The molecule has 4 aliphatic rings. The number of nitrogens with two attached hydrogens (primary N) is 1. The number of aryl methyl sites for hydroxylation is 2. The van der Waals surface area contributed by atoms with Crippen LogP contribution >= 0.6 is 11.6 Å². The summed E-state index contributed by atoms with van der Waals surface area (Å²) in [6.07, 6.45) is -6.62. The smallest absolute Gasteiger partial charge is 0.409 e. The van der Waals surface area contributed by atoms with Crippen molar-refractivity contribution in [2.45, 2.75) is 160 Å². The van der Waals surface area contributed by atoms with E-state index in [0.29, 0.717) is 22.8 Å². The van der Waals surface area contributed by atoms with Crippen molar-refractivity contribution in [1.29, 1.82) is 0 Å². The second kappa shape index (κ2) is 27.8. The van der Waals surface area contributed by atoms with Gasteiger partial charge in [-0.15, -0.1) is 5.10 Å². The Hall–Kier alpha value is -7.28. The minimum absolute atomic E-state index is 0.00550. The number of epoxide rings is 1. The van der Waals surface area contributed by atoms with Crippen LogP contribution in [0.4, 0.5) is 15.3 Å². The van der Waals surface area contributed by atoms with Crippen molar-refractivity contribution >= 4 is 59.1 Å². The van der Waals surface area contributed by atoms with Gasteiger partial charge >= 0.3 is 24.1 Å². The monoisotopic (exact) mass is 1210 g/mol. The Labute approximate surface area is 494 Å². The second-order valence-electron chi connectivity index (χ2n) is 22.0. The maximum Gasteiger partial charge on any atom is 0.409 e. The number of likely N-dealkylation sites (N-methyl/N-ethyl adjacent to an activating group) is 1. The van der Waals surface area contributed by atoms with Crippen molar-refractivity contribution in [2.24, 2.45) is 17.7 Å². The molecule has 29 heteroatoms. The highest BCUT2D eigenvalue weighted by Gasteiger charge is 2.64. The molecule has 7 rings (SSSR count). The predicted molar refractivity (Wildman–Crippen MR) is 298 cm³/mol. The van der Waals surface area contributed by atoms with Crippen molar-refractivity contribution in [3.63, 3.8) is 0 Å². The number of aliphatic carboxylic acids is 1. The number of alkyl carbamates (subject to hydrolysis) is 2. The van der Waals surface area contributed by atoms with Crippen LogP contribution in [0.25, 0.3) is 0 Å². The number of hydrogen-bond acceptors (Lipinski definition) is 21. The number of aliphatic hydroxyl groups is 4. The fraction of sp³-hybridized carbons (Fsp3) is 0.554. The van der Waals surface area contributed by atoms with Crippen LogP contribution in [0, 0.1) is 18.8 Å². The molecule has 1 aromatic heterocycles. The Kier molecular flexibility index (Phi) is 21.4. The molecule has 1 unspecified atom stereocenters. The Morgan fingerprint density at radius 1 is 1.06 bits per heavy atom. The van der Waals surface area contributed by atoms with Crippen LogP contribution in [0.5, 0.6) is 5.75 Å². The third-order valence-electron chi connectivity index (χ3n) is 15.7. The van der Waals surface area contributed by atoms with Crippen LogP contribution in [0.1, 0.15) is 93.0 Å². The molecule has 0 spiro atoms. The zero-order valence-corrected chi connectivity index (χ0v) is 49.0. The number of amides is 5. The summed E-state index contributed by atoms with van der Waals surface area (Å²) in [4.78, 5) is 99.7. The SMILES string of the molecule is C/C1=C\C=C\[C@@H](C)[C@@]2(O)C[C@H](OC(=O)N2)[C@@H](C)[C@@H]2O[C@@]2(C)[C@@H](OC(=O)C(C)N(C)C(=O)CCCn2cc(CNC(=O)OCc3ccc(O[C@@H]4O[C@H](C(=O)O)[C@@H](O)[C@H](O)[C@H]4O)c(C(=O)NCCON)c3)nn2)CC(=O)N(C)c2cc(cc(C)c2Cl)C1. The predicted octanol–water partition coefficient (Wildman–Crippen LogP) is 1.82. The van der Waals surface area contributed by atoms with Gasteiger partial charge in [0.1, 0.15) is 65.9 Å². The van der Waals surface area contributed by atoms with Gasteiger partial charge in [0.25, 0.3) is 5.91 Å². The molecule has 0 saturated carbocycles. The number of anilines is 1. The molecule has 5 amide bonds. The summed E-state index contributed by atoms with van der Waals surface area (Å²) in [7, 11) is 3.03. The number of nitrogens with one attached hydrogen (secondary N) is 3. The maximum atomic E-state index is 14.3. The number of carbonyl (C=O) groups excluding carboxylic acids is 6. The first kappa shape index (κ1) is 65.3. The number of hydrogen-bond donors (Lipinski definition) is 9. The molecule has 0 radical (unpaired) electrons. The number of carboxylic acid groups (broad SMARTS) is 1. The first-order valence-electron chi connectivity index (χ1n) is 27.5. The normalized spacial score (nSPS) is 29.1. The summed E-state index contributed by atoms with van der Waals surface area (Å²) in [6, 6.07) is 6.59. The van der Waals surface area contributed by atoms with Gasteiger partial charge in [-0.1, -0.05) is 66.6 Å². The van der Waals surface area contributed by atoms with Crippen LogP contribution in [0.3, 0.4) is 0 Å². The second-order valence-corrected chi connectivity index (χ2v) is 22.3. The van der Waals surface area contributed by atoms with Gasteiger partial charge in [-0.05, 0) is 75.4 Å². The van der Waals surface area contributed by atoms with Crippen molar-refractivity contribution < 1.29 is 92.4 Å². The molecule has 13 atom stereocenters. The molecule has 5 heterocycles. The van der Waals surface area contributed by atoms with Gasteiger partial charge in [0.15, 0.2) is 6.10 Å². The van der Waals surface area contributed by atoms with E-state index in [1.165, 1.54) is 46.7 Å². The fourth-order valence-corrected chi connectivity index (χ4v) is 10.4. The highest BCUT2D eigenvalue weighted by molar-refractivity contribution is 6.34. The van der Waals surface area contributed by atoms with Crippen LogP contribution in [-0.4, -0.2) is 181 Å². The molecule has 28 nitrogen and oxygen atoms in total. The Bertz CT molecular complexity index is 3040. The van der Waals surface area contributed by atoms with Gasteiger partial charge in [-0.2, -0.15) is 0 Å². The number of rotatable bonds is 18. The summed E-state index contributed by atoms with van der Waals surface area (Å²) >= 11 is 6.83. The van der Waals surface area contributed by atoms with Crippen LogP contribution in [0.2, 0.25) is 5.02 Å². The number of aromatic nitrogens is 3. The van der Waals surface area contributed by atoms with Crippen molar-refractivity contribution in [2.75, 3.05) is 32.1 Å². The Balaban J connectivity index is 0.937. The van der Waals surface area contributed by atoms with E-state index in [1.54, 1.807) is 40.1 Å². The number of halogens is 1. The molecular weight excluding hydrogens is 1140 g/mol. The van der Waals surface area contributed by atoms with E-state index in [2.05, 4.69) is 31.1 Å². The van der Waals surface area contributed by atoms with Crippen LogP contribution in [0.15, 0.2) is 60.3 Å². The molecule has 85 heavy (non-hydrogen) atoms. The summed E-state index contributed by atoms with van der Waals surface area (Å²) in [5.41, 5.74) is 0.538. The largest absolute Gasteiger partial charge is 0.479 e. The summed E-state index contributed by atoms with van der Waals surface area (Å²) in [6.45, 7) is 10.2. The number of benzene rings is 2. The lowest BCUT2D eigenvalue weighted by Crippen LogP contribution is -2.61. The minimum Gasteiger partial charge on any atom is -0.479 e. The lowest BCUT2D eigenvalue weighted by Gasteiger charge is -2.41. The highest BCUT2D eigenvalue weighted by atomic mass is 35.5. The van der Waals surface area contributed by atoms with E-state index < -0.39 is 120 Å². The van der Waals surface area contributed by atoms with Gasteiger partial charge in [0, 0.05) is 51.9 Å². The third-order valence-corrected chi connectivity index (χ3v) is 16.2. The van der Waals surface area contributed by atoms with Crippen LogP contribution in [-0.2, 0) is 73.8 Å². The van der Waals surface area contributed by atoms with E-state index in [9.17, 15) is 59.1 Å². The lowest BCUT2D eigenvalue weighted by molar-refractivity contribution is -0.271. The van der Waals surface area contributed by atoms with Gasteiger partial charge < -0.3 is 79.2 Å². The molecule has 0 aliphatic carbocycles. The number of fused-ring (bicyclic) bond motifs is 5. The molecule has 3 saturated heterocycles. The van der Waals surface area contributed by atoms with E-state index in [-0.39, 0.29) is 75.4 Å². The van der Waals surface area contributed by atoms with E-state index >= 15 is 0 Å². The van der Waals surface area contributed by atoms with E-state index in [1.807, 2.05) is 38.1 Å². The molecule has 10 N–H and O–H groups in total. The van der Waals surface area contributed by atoms with Gasteiger partial charge in [-0.25, -0.2) is 25.1 Å².